The van der Waals surface area contributed by atoms with Crippen molar-refractivity contribution in [3.05, 3.63) is 41.7 Å². The molecule has 0 saturated carbocycles. The topological polar surface area (TPSA) is 116 Å². The van der Waals surface area contributed by atoms with Crippen LogP contribution in [0.5, 0.6) is 5.75 Å². The van der Waals surface area contributed by atoms with Crippen LogP contribution in [0.1, 0.15) is 31.7 Å². The molecular weight excluding hydrogens is 377 g/mol. The number of nitrogen functional groups attached to an aromatic ring is 1. The van der Waals surface area contributed by atoms with E-state index >= 15 is 0 Å². The van der Waals surface area contributed by atoms with Crippen LogP contribution in [-0.2, 0) is 13.0 Å². The van der Waals surface area contributed by atoms with Gasteiger partial charge in [-0.1, -0.05) is 0 Å². The second-order valence-corrected chi connectivity index (χ2v) is 7.59. The highest BCUT2D eigenvalue weighted by atomic mass is 19.1. The first-order chi connectivity index (χ1) is 13.7. The van der Waals surface area contributed by atoms with Gasteiger partial charge in [-0.2, -0.15) is 9.61 Å². The van der Waals surface area contributed by atoms with Crippen LogP contribution in [0.15, 0.2) is 24.5 Å². The molecule has 4 rings (SSSR count). The molecule has 29 heavy (non-hydrogen) atoms. The molecule has 0 aliphatic rings. The molecule has 0 unspecified atom stereocenters. The van der Waals surface area contributed by atoms with Gasteiger partial charge in [0.2, 0.25) is 5.95 Å². The fourth-order valence-corrected chi connectivity index (χ4v) is 3.13. The maximum absolute atomic E-state index is 14.0. The minimum atomic E-state index is -0.753. The number of nitrogens with two attached hydrogens (primary N) is 1. The van der Waals surface area contributed by atoms with Gasteiger partial charge in [-0.25, -0.2) is 14.4 Å². The first-order valence-corrected chi connectivity index (χ1v) is 9.15. The van der Waals surface area contributed by atoms with Gasteiger partial charge in [0, 0.05) is 25.2 Å². The fourth-order valence-electron chi connectivity index (χ4n) is 3.13. The van der Waals surface area contributed by atoms with Crippen molar-refractivity contribution in [2.75, 3.05) is 12.8 Å². The molecule has 0 atom stereocenters. The van der Waals surface area contributed by atoms with Crippen LogP contribution in [0.4, 0.5) is 10.3 Å². The molecule has 0 radical (unpaired) electrons. The molecule has 152 valence electrons. The normalized spacial score (nSPS) is 12.2. The fraction of sp³-hybridized carbons (Fsp3) is 0.368. The van der Waals surface area contributed by atoms with E-state index in [0.29, 0.717) is 41.8 Å². The predicted molar refractivity (Wildman–Crippen MR) is 105 cm³/mol. The Morgan fingerprint density at radius 1 is 1.28 bits per heavy atom. The van der Waals surface area contributed by atoms with Crippen molar-refractivity contribution in [2.45, 2.75) is 38.8 Å². The summed E-state index contributed by atoms with van der Waals surface area (Å²) < 4.78 is 22.4. The Hall–Kier alpha value is -3.27. The van der Waals surface area contributed by atoms with E-state index in [4.69, 9.17) is 10.5 Å². The summed E-state index contributed by atoms with van der Waals surface area (Å²) in [7, 11) is 1.45. The average Bonchev–Trinajstić information content (AvgIpc) is 3.27. The maximum atomic E-state index is 14.0. The summed E-state index contributed by atoms with van der Waals surface area (Å²) in [4.78, 5) is 8.83. The highest BCUT2D eigenvalue weighted by molar-refractivity contribution is 5.95. The highest BCUT2D eigenvalue weighted by Crippen LogP contribution is 2.29. The minimum Gasteiger partial charge on any atom is -0.494 e. The standard InChI is InChI=1S/C19H22FN7O2/c1-19(2,28)4-5-26-10-11(9-22-26)6-15-23-17-13-7-12(20)8-14(29-3)16(13)24-18(21)27(17)25-15/h7-10,28H,4-6H2,1-3H3,(H2,21,24). The molecule has 0 bridgehead atoms. The molecule has 0 fully saturated rings. The SMILES string of the molecule is COc1cc(F)cc2c1nc(N)n1nc(Cc3cnn(CCC(C)(C)O)c3)nc21. The lowest BCUT2D eigenvalue weighted by Crippen LogP contribution is -2.21. The molecule has 3 N–H and O–H groups in total. The number of aromatic nitrogens is 6. The summed E-state index contributed by atoms with van der Waals surface area (Å²) >= 11 is 0. The molecule has 4 aromatic rings. The van der Waals surface area contributed by atoms with E-state index in [9.17, 15) is 9.50 Å². The van der Waals surface area contributed by atoms with Crippen LogP contribution in [0.25, 0.3) is 16.6 Å². The van der Waals surface area contributed by atoms with E-state index in [1.807, 2.05) is 6.20 Å². The molecule has 0 spiro atoms. The molecule has 0 aliphatic carbocycles. The first-order valence-electron chi connectivity index (χ1n) is 9.15. The lowest BCUT2D eigenvalue weighted by atomic mass is 10.1. The third kappa shape index (κ3) is 3.83. The molecule has 10 heteroatoms. The summed E-state index contributed by atoms with van der Waals surface area (Å²) in [5, 5.41) is 19.0. The number of anilines is 1. The molecule has 9 nitrogen and oxygen atoms in total. The summed E-state index contributed by atoms with van der Waals surface area (Å²) in [5.74, 6) is 0.473. The third-order valence-electron chi connectivity index (χ3n) is 4.60. The smallest absolute Gasteiger partial charge is 0.223 e. The zero-order chi connectivity index (χ0) is 20.8. The minimum absolute atomic E-state index is 0.136. The Morgan fingerprint density at radius 3 is 2.79 bits per heavy atom. The van der Waals surface area contributed by atoms with E-state index in [0.717, 1.165) is 5.56 Å². The largest absolute Gasteiger partial charge is 0.494 e. The molecular formula is C19H22FN7O2. The first kappa shape index (κ1) is 19.1. The number of ether oxygens (including phenoxy) is 1. The van der Waals surface area contributed by atoms with Crippen molar-refractivity contribution in [2.24, 2.45) is 0 Å². The predicted octanol–water partition coefficient (Wildman–Crippen LogP) is 1.96. The number of fused-ring (bicyclic) bond motifs is 3. The lowest BCUT2D eigenvalue weighted by molar-refractivity contribution is 0.0651. The van der Waals surface area contributed by atoms with Gasteiger partial charge in [-0.15, -0.1) is 5.10 Å². The van der Waals surface area contributed by atoms with Crippen molar-refractivity contribution in [1.29, 1.82) is 0 Å². The maximum Gasteiger partial charge on any atom is 0.223 e. The Kier molecular flexibility index (Phi) is 4.58. The van der Waals surface area contributed by atoms with Gasteiger partial charge in [0.1, 0.15) is 17.1 Å². The molecule has 0 saturated heterocycles. The highest BCUT2D eigenvalue weighted by Gasteiger charge is 2.17. The zero-order valence-corrected chi connectivity index (χ0v) is 16.4. The number of aliphatic hydroxyl groups is 1. The van der Waals surface area contributed by atoms with Gasteiger partial charge in [0.25, 0.3) is 0 Å². The zero-order valence-electron chi connectivity index (χ0n) is 16.4. The number of hydrogen-bond donors (Lipinski definition) is 2. The van der Waals surface area contributed by atoms with Crippen molar-refractivity contribution in [3.8, 4) is 5.75 Å². The van der Waals surface area contributed by atoms with Crippen molar-refractivity contribution in [3.63, 3.8) is 0 Å². The number of nitrogens with zero attached hydrogens (tertiary/aromatic N) is 6. The van der Waals surface area contributed by atoms with Crippen molar-refractivity contribution >= 4 is 22.5 Å². The molecule has 0 amide bonds. The molecule has 3 aromatic heterocycles. The molecule has 0 aliphatic heterocycles. The van der Waals surface area contributed by atoms with E-state index < -0.39 is 11.4 Å². The van der Waals surface area contributed by atoms with Crippen molar-refractivity contribution < 1.29 is 14.2 Å². The van der Waals surface area contributed by atoms with E-state index in [2.05, 4.69) is 20.2 Å². The Balaban J connectivity index is 1.68. The van der Waals surface area contributed by atoms with E-state index in [1.165, 1.54) is 23.8 Å². The Labute approximate surface area is 165 Å². The number of hydrogen-bond acceptors (Lipinski definition) is 7. The average molecular weight is 399 g/mol. The van der Waals surface area contributed by atoms with Gasteiger partial charge in [-0.05, 0) is 31.9 Å². The second kappa shape index (κ2) is 6.96. The number of benzene rings is 1. The Morgan fingerprint density at radius 2 is 2.07 bits per heavy atom. The van der Waals surface area contributed by atoms with Crippen LogP contribution in [0.2, 0.25) is 0 Å². The monoisotopic (exact) mass is 399 g/mol. The van der Waals surface area contributed by atoms with Crippen LogP contribution < -0.4 is 10.5 Å². The number of aryl methyl sites for hydroxylation is 1. The summed E-state index contributed by atoms with van der Waals surface area (Å²) in [6.45, 7) is 4.12. The van der Waals surface area contributed by atoms with Gasteiger partial charge in [0.05, 0.1) is 24.3 Å². The summed E-state index contributed by atoms with van der Waals surface area (Å²) in [6.07, 6.45) is 4.64. The summed E-state index contributed by atoms with van der Waals surface area (Å²) in [6, 6.07) is 2.59. The number of halogens is 1. The summed E-state index contributed by atoms with van der Waals surface area (Å²) in [5.41, 5.74) is 7.04. The van der Waals surface area contributed by atoms with E-state index in [1.54, 1.807) is 24.7 Å². The van der Waals surface area contributed by atoms with Crippen LogP contribution >= 0.6 is 0 Å². The third-order valence-corrected chi connectivity index (χ3v) is 4.60. The van der Waals surface area contributed by atoms with Crippen LogP contribution in [-0.4, -0.2) is 47.2 Å². The van der Waals surface area contributed by atoms with Gasteiger partial charge >= 0.3 is 0 Å². The van der Waals surface area contributed by atoms with Crippen LogP contribution in [0.3, 0.4) is 0 Å². The van der Waals surface area contributed by atoms with Gasteiger partial charge in [-0.3, -0.25) is 4.68 Å². The van der Waals surface area contributed by atoms with Gasteiger partial charge in [0.15, 0.2) is 11.5 Å². The molecule has 1 aromatic carbocycles. The number of rotatable bonds is 6. The second-order valence-electron chi connectivity index (χ2n) is 7.59. The van der Waals surface area contributed by atoms with Crippen molar-refractivity contribution in [1.82, 2.24) is 29.4 Å². The molecule has 3 heterocycles. The quantitative estimate of drug-likeness (QED) is 0.509. The Bertz CT molecular complexity index is 1190. The lowest BCUT2D eigenvalue weighted by Gasteiger charge is -2.16. The number of methoxy groups -OCH3 is 1. The van der Waals surface area contributed by atoms with Gasteiger partial charge < -0.3 is 15.6 Å². The van der Waals surface area contributed by atoms with E-state index in [-0.39, 0.29) is 11.7 Å². The van der Waals surface area contributed by atoms with Crippen LogP contribution in [0, 0.1) is 5.82 Å².